The molecule has 1 aromatic carbocycles. The number of hydrogen-bond acceptors (Lipinski definition) is 3. The van der Waals surface area contributed by atoms with Crippen LogP contribution in [0.1, 0.15) is 5.56 Å². The number of rotatable bonds is 7. The van der Waals surface area contributed by atoms with Gasteiger partial charge in [0.05, 0.1) is 25.4 Å². The minimum Gasteiger partial charge on any atom is -0.485 e. The third-order valence-electron chi connectivity index (χ3n) is 2.17. The van der Waals surface area contributed by atoms with Crippen LogP contribution >= 0.6 is 0 Å². The molecule has 1 N–H and O–H groups in total. The van der Waals surface area contributed by atoms with Gasteiger partial charge in [-0.2, -0.15) is 8.78 Å². The first-order chi connectivity index (χ1) is 9.04. The van der Waals surface area contributed by atoms with Gasteiger partial charge in [-0.25, -0.2) is 8.78 Å². The lowest BCUT2D eigenvalue weighted by Gasteiger charge is -2.11. The van der Waals surface area contributed by atoms with Crippen LogP contribution in [0.5, 0.6) is 5.75 Å². The Bertz CT molecular complexity index is 434. The second-order valence-corrected chi connectivity index (χ2v) is 3.39. The van der Waals surface area contributed by atoms with E-state index in [-0.39, 0.29) is 26.4 Å². The van der Waals surface area contributed by atoms with Gasteiger partial charge in [-0.1, -0.05) is 12.7 Å². The highest BCUT2D eigenvalue weighted by molar-refractivity contribution is 5.51. The summed E-state index contributed by atoms with van der Waals surface area (Å²) >= 11 is 0. The van der Waals surface area contributed by atoms with Gasteiger partial charge in [0.25, 0.3) is 0 Å². The van der Waals surface area contributed by atoms with E-state index >= 15 is 0 Å². The molecule has 7 heteroatoms. The van der Waals surface area contributed by atoms with Crippen LogP contribution in [0.3, 0.4) is 0 Å². The fraction of sp³-hybridized carbons (Fsp3) is 0.333. The molecular formula is C12H12F4O3. The fourth-order valence-electron chi connectivity index (χ4n) is 1.30. The van der Waals surface area contributed by atoms with Crippen molar-refractivity contribution in [2.24, 2.45) is 0 Å². The molecule has 1 rings (SSSR count). The number of aliphatic hydroxyl groups is 1. The van der Waals surface area contributed by atoms with Crippen molar-refractivity contribution in [1.82, 2.24) is 0 Å². The van der Waals surface area contributed by atoms with E-state index in [4.69, 9.17) is 9.84 Å². The number of hydrogen-bond donors (Lipinski definition) is 1. The largest absolute Gasteiger partial charge is 0.485 e. The van der Waals surface area contributed by atoms with Gasteiger partial charge in [0.15, 0.2) is 17.4 Å². The van der Waals surface area contributed by atoms with E-state index in [1.165, 1.54) is 0 Å². The molecule has 0 fully saturated rings. The van der Waals surface area contributed by atoms with Crippen molar-refractivity contribution in [3.05, 3.63) is 35.4 Å². The number of ether oxygens (including phenoxy) is 2. The van der Waals surface area contributed by atoms with Gasteiger partial charge >= 0.3 is 0 Å². The predicted molar refractivity (Wildman–Crippen MR) is 59.8 cm³/mol. The number of aliphatic hydroxyl groups excluding tert-OH is 1. The van der Waals surface area contributed by atoms with E-state index in [1.54, 1.807) is 0 Å². The Balaban J connectivity index is 2.87. The van der Waals surface area contributed by atoms with E-state index in [0.717, 1.165) is 0 Å². The Labute approximate surface area is 107 Å². The van der Waals surface area contributed by atoms with Crippen LogP contribution in [0, 0.1) is 23.3 Å². The summed E-state index contributed by atoms with van der Waals surface area (Å²) in [6, 6.07) is 0. The SMILES string of the molecule is C=Cc1c(F)c(F)c(OCCOCCO)c(F)c1F. The molecule has 3 nitrogen and oxygen atoms in total. The summed E-state index contributed by atoms with van der Waals surface area (Å²) in [4.78, 5) is 0. The first-order valence-electron chi connectivity index (χ1n) is 5.34. The van der Waals surface area contributed by atoms with Crippen LogP contribution in [0.15, 0.2) is 6.58 Å². The monoisotopic (exact) mass is 280 g/mol. The zero-order valence-electron chi connectivity index (χ0n) is 9.89. The van der Waals surface area contributed by atoms with E-state index in [1.807, 2.05) is 0 Å². The molecule has 0 amide bonds. The molecule has 0 saturated heterocycles. The molecule has 106 valence electrons. The average Bonchev–Trinajstić information content (AvgIpc) is 2.40. The summed E-state index contributed by atoms with van der Waals surface area (Å²) in [6.07, 6.45) is 0.672. The molecule has 0 atom stereocenters. The van der Waals surface area contributed by atoms with Crippen molar-refractivity contribution in [3.8, 4) is 5.75 Å². The maximum atomic E-state index is 13.4. The first-order valence-corrected chi connectivity index (χ1v) is 5.34. The van der Waals surface area contributed by atoms with Crippen LogP contribution in [0.2, 0.25) is 0 Å². The van der Waals surface area contributed by atoms with Gasteiger partial charge in [0.1, 0.15) is 6.61 Å². The van der Waals surface area contributed by atoms with Gasteiger partial charge < -0.3 is 14.6 Å². The maximum Gasteiger partial charge on any atom is 0.204 e. The highest BCUT2D eigenvalue weighted by Crippen LogP contribution is 2.30. The Hall–Kier alpha value is -1.60. The fourth-order valence-corrected chi connectivity index (χ4v) is 1.30. The molecule has 0 bridgehead atoms. The summed E-state index contributed by atoms with van der Waals surface area (Å²) in [7, 11) is 0. The highest BCUT2D eigenvalue weighted by atomic mass is 19.2. The molecule has 0 spiro atoms. The Morgan fingerprint density at radius 2 is 1.53 bits per heavy atom. The van der Waals surface area contributed by atoms with E-state index in [0.29, 0.717) is 6.08 Å². The second-order valence-electron chi connectivity index (χ2n) is 3.39. The lowest BCUT2D eigenvalue weighted by Crippen LogP contribution is -2.12. The van der Waals surface area contributed by atoms with Crippen LogP contribution in [0.25, 0.3) is 6.08 Å². The van der Waals surface area contributed by atoms with Gasteiger partial charge in [-0.3, -0.25) is 0 Å². The molecule has 0 aliphatic heterocycles. The standard InChI is InChI=1S/C12H12F4O3/c1-2-7-8(13)10(15)12(11(16)9(7)14)19-6-5-18-4-3-17/h2,17H,1,3-6H2. The maximum absolute atomic E-state index is 13.4. The van der Waals surface area contributed by atoms with E-state index in [2.05, 4.69) is 11.3 Å². The normalized spacial score (nSPS) is 10.6. The summed E-state index contributed by atoms with van der Waals surface area (Å²) in [6.45, 7) is 2.45. The van der Waals surface area contributed by atoms with Crippen molar-refractivity contribution in [2.75, 3.05) is 26.4 Å². The summed E-state index contributed by atoms with van der Waals surface area (Å²) in [5.74, 6) is -7.54. The van der Waals surface area contributed by atoms with Crippen LogP contribution in [-0.2, 0) is 4.74 Å². The third kappa shape index (κ3) is 3.45. The second kappa shape index (κ2) is 7.10. The van der Waals surface area contributed by atoms with Crippen molar-refractivity contribution in [1.29, 1.82) is 0 Å². The zero-order valence-corrected chi connectivity index (χ0v) is 9.89. The van der Waals surface area contributed by atoms with Crippen LogP contribution in [-0.4, -0.2) is 31.5 Å². The molecule has 0 radical (unpaired) electrons. The number of halogens is 4. The molecule has 0 aliphatic rings. The minimum absolute atomic E-state index is 0.0203. The van der Waals surface area contributed by atoms with Gasteiger partial charge in [-0.05, 0) is 0 Å². The molecular weight excluding hydrogens is 268 g/mol. The summed E-state index contributed by atoms with van der Waals surface area (Å²) < 4.78 is 62.9. The van der Waals surface area contributed by atoms with Gasteiger partial charge in [0.2, 0.25) is 11.6 Å². The van der Waals surface area contributed by atoms with Gasteiger partial charge in [-0.15, -0.1) is 0 Å². The highest BCUT2D eigenvalue weighted by Gasteiger charge is 2.25. The predicted octanol–water partition coefficient (Wildman–Crippen LogP) is 2.27. The lowest BCUT2D eigenvalue weighted by atomic mass is 10.1. The van der Waals surface area contributed by atoms with Crippen molar-refractivity contribution in [3.63, 3.8) is 0 Å². The van der Waals surface area contributed by atoms with E-state index in [9.17, 15) is 17.6 Å². The topological polar surface area (TPSA) is 38.7 Å². The lowest BCUT2D eigenvalue weighted by molar-refractivity contribution is 0.0682. The Kier molecular flexibility index (Phi) is 5.78. The first kappa shape index (κ1) is 15.5. The number of benzene rings is 1. The smallest absolute Gasteiger partial charge is 0.204 e. The summed E-state index contributed by atoms with van der Waals surface area (Å²) in [5.41, 5.74) is -0.890. The average molecular weight is 280 g/mol. The van der Waals surface area contributed by atoms with Crippen molar-refractivity contribution >= 4 is 6.08 Å². The quantitative estimate of drug-likeness (QED) is 0.473. The zero-order chi connectivity index (χ0) is 14.4. The minimum atomic E-state index is -1.63. The molecule has 0 saturated carbocycles. The molecule has 0 aromatic heterocycles. The van der Waals surface area contributed by atoms with Crippen molar-refractivity contribution < 1.29 is 32.1 Å². The Morgan fingerprint density at radius 3 is 2.00 bits per heavy atom. The molecule has 1 aromatic rings. The Morgan fingerprint density at radius 1 is 0.947 bits per heavy atom. The van der Waals surface area contributed by atoms with Gasteiger partial charge in [0, 0.05) is 0 Å². The molecule has 19 heavy (non-hydrogen) atoms. The van der Waals surface area contributed by atoms with Crippen LogP contribution in [0.4, 0.5) is 17.6 Å². The summed E-state index contributed by atoms with van der Waals surface area (Å²) in [5, 5.41) is 8.41. The molecule has 0 unspecified atom stereocenters. The van der Waals surface area contributed by atoms with Crippen LogP contribution < -0.4 is 4.74 Å². The third-order valence-corrected chi connectivity index (χ3v) is 2.17. The molecule has 0 aliphatic carbocycles. The van der Waals surface area contributed by atoms with E-state index < -0.39 is 34.6 Å². The van der Waals surface area contributed by atoms with Crippen molar-refractivity contribution in [2.45, 2.75) is 0 Å². The molecule has 0 heterocycles.